The Kier molecular flexibility index (Phi) is 8.70. The summed E-state index contributed by atoms with van der Waals surface area (Å²) in [4.78, 5) is 7.00. The number of aliphatic imine (C=N–C) groups is 1. The number of piperidine rings is 1. The Morgan fingerprint density at radius 1 is 1.21 bits per heavy atom. The number of halogens is 1. The lowest BCUT2D eigenvalue weighted by Gasteiger charge is -2.47. The number of hydrogen-bond donors (Lipinski definition) is 0. The van der Waals surface area contributed by atoms with Crippen molar-refractivity contribution < 1.29 is 4.74 Å². The summed E-state index contributed by atoms with van der Waals surface area (Å²) in [5.41, 5.74) is 2.59. The minimum absolute atomic E-state index is 0.105. The predicted molar refractivity (Wildman–Crippen MR) is 132 cm³/mol. The van der Waals surface area contributed by atoms with Crippen LogP contribution in [0.4, 0.5) is 5.69 Å². The molecule has 1 aromatic rings. The van der Waals surface area contributed by atoms with Crippen LogP contribution >= 0.6 is 27.7 Å². The van der Waals surface area contributed by atoms with Gasteiger partial charge in [0.1, 0.15) is 5.04 Å². The van der Waals surface area contributed by atoms with Gasteiger partial charge in [0.2, 0.25) is 0 Å². The molecule has 0 unspecified atom stereocenters. The van der Waals surface area contributed by atoms with Crippen LogP contribution in [0.25, 0.3) is 0 Å². The second kappa shape index (κ2) is 11.0. The molecular weight excluding hydrogens is 444 g/mol. The Balaban J connectivity index is 1.63. The van der Waals surface area contributed by atoms with Gasteiger partial charge in [-0.2, -0.15) is 0 Å². The highest BCUT2D eigenvalue weighted by atomic mass is 79.9. The first-order valence-corrected chi connectivity index (χ1v) is 12.6. The van der Waals surface area contributed by atoms with E-state index in [-0.39, 0.29) is 5.60 Å². The molecule has 3 nitrogen and oxygen atoms in total. The summed E-state index contributed by atoms with van der Waals surface area (Å²) >= 11 is 5.31. The van der Waals surface area contributed by atoms with Crippen molar-refractivity contribution in [1.29, 1.82) is 0 Å². The number of rotatable bonds is 6. The normalized spacial score (nSPS) is 21.4. The molecule has 0 spiro atoms. The molecule has 0 N–H and O–H groups in total. The fourth-order valence-corrected chi connectivity index (χ4v) is 6.46. The van der Waals surface area contributed by atoms with Crippen molar-refractivity contribution in [3.63, 3.8) is 0 Å². The molecule has 0 atom stereocenters. The smallest absolute Gasteiger partial charge is 0.103 e. The standard InChI is InChI=1S/C24H35BrN2OS/c1-4-8-22(25)29-23(26-2)19-11-13-21(14-12-19)27-17-15-24(28-3,16-18-27)20-9-6-5-7-10-20/h8,11-14,20H,4-7,9-10,15-18H2,1-3H3/b22-8+,26-23?. The molecule has 1 heterocycles. The van der Waals surface area contributed by atoms with Gasteiger partial charge in [0.05, 0.1) is 9.42 Å². The van der Waals surface area contributed by atoms with Crippen molar-refractivity contribution in [2.45, 2.75) is 63.9 Å². The van der Waals surface area contributed by atoms with Crippen LogP contribution in [0.3, 0.4) is 0 Å². The molecule has 1 saturated heterocycles. The topological polar surface area (TPSA) is 24.8 Å². The van der Waals surface area contributed by atoms with E-state index in [2.05, 4.69) is 63.1 Å². The highest BCUT2D eigenvalue weighted by Gasteiger charge is 2.41. The lowest BCUT2D eigenvalue weighted by molar-refractivity contribution is -0.0856. The van der Waals surface area contributed by atoms with E-state index in [4.69, 9.17) is 4.74 Å². The number of ether oxygens (including phenoxy) is 1. The van der Waals surface area contributed by atoms with Gasteiger partial charge < -0.3 is 9.64 Å². The molecule has 0 radical (unpaired) electrons. The molecule has 160 valence electrons. The van der Waals surface area contributed by atoms with Crippen LogP contribution in [0.1, 0.15) is 63.9 Å². The molecular formula is C24H35BrN2OS. The third-order valence-corrected chi connectivity index (χ3v) is 8.39. The van der Waals surface area contributed by atoms with Gasteiger partial charge in [-0.15, -0.1) is 0 Å². The fraction of sp³-hybridized carbons (Fsp3) is 0.625. The van der Waals surface area contributed by atoms with Gasteiger partial charge in [-0.3, -0.25) is 4.99 Å². The minimum Gasteiger partial charge on any atom is -0.378 e. The van der Waals surface area contributed by atoms with Crippen LogP contribution in [0.15, 0.2) is 39.1 Å². The van der Waals surface area contributed by atoms with Gasteiger partial charge in [-0.05, 0) is 66.1 Å². The lowest BCUT2D eigenvalue weighted by atomic mass is 9.72. The van der Waals surface area contributed by atoms with Crippen molar-refractivity contribution in [3.8, 4) is 0 Å². The minimum atomic E-state index is 0.105. The molecule has 1 aliphatic heterocycles. The van der Waals surface area contributed by atoms with Crippen molar-refractivity contribution in [3.05, 3.63) is 39.7 Å². The highest BCUT2D eigenvalue weighted by molar-refractivity contribution is 9.14. The fourth-order valence-electron chi connectivity index (χ4n) is 4.89. The van der Waals surface area contributed by atoms with Crippen LogP contribution < -0.4 is 4.90 Å². The van der Waals surface area contributed by atoms with E-state index in [1.165, 1.54) is 43.4 Å². The Morgan fingerprint density at radius 2 is 1.86 bits per heavy atom. The monoisotopic (exact) mass is 478 g/mol. The Bertz CT molecular complexity index is 702. The number of hydrogen-bond acceptors (Lipinski definition) is 4. The van der Waals surface area contributed by atoms with E-state index < -0.39 is 0 Å². The zero-order valence-corrected chi connectivity index (χ0v) is 20.5. The van der Waals surface area contributed by atoms with Crippen LogP contribution in [-0.4, -0.2) is 37.9 Å². The number of thioether (sulfide) groups is 1. The number of methoxy groups -OCH3 is 1. The number of anilines is 1. The largest absolute Gasteiger partial charge is 0.378 e. The first-order chi connectivity index (χ1) is 14.1. The van der Waals surface area contributed by atoms with Gasteiger partial charge in [-0.25, -0.2) is 0 Å². The molecule has 3 rings (SSSR count). The number of allylic oxidation sites excluding steroid dienone is 1. The van der Waals surface area contributed by atoms with Crippen LogP contribution in [-0.2, 0) is 4.74 Å². The number of nitrogens with zero attached hydrogens (tertiary/aromatic N) is 2. The Labute approximate surface area is 189 Å². The summed E-state index contributed by atoms with van der Waals surface area (Å²) in [5, 5.41) is 1.04. The molecule has 0 amide bonds. The van der Waals surface area contributed by atoms with Gasteiger partial charge in [0.15, 0.2) is 0 Å². The van der Waals surface area contributed by atoms with Crippen LogP contribution in [0.2, 0.25) is 0 Å². The molecule has 1 aliphatic carbocycles. The molecule has 1 saturated carbocycles. The van der Waals surface area contributed by atoms with E-state index >= 15 is 0 Å². The van der Waals surface area contributed by atoms with Crippen molar-refractivity contribution in [2.24, 2.45) is 10.9 Å². The molecule has 0 bridgehead atoms. The molecule has 0 aromatic heterocycles. The summed E-state index contributed by atoms with van der Waals surface area (Å²) < 4.78 is 7.29. The summed E-state index contributed by atoms with van der Waals surface area (Å²) in [6.07, 6.45) is 12.3. The first-order valence-electron chi connectivity index (χ1n) is 11.0. The second-order valence-electron chi connectivity index (χ2n) is 8.19. The maximum Gasteiger partial charge on any atom is 0.103 e. The summed E-state index contributed by atoms with van der Waals surface area (Å²) in [6, 6.07) is 8.91. The van der Waals surface area contributed by atoms with Gasteiger partial charge in [0.25, 0.3) is 0 Å². The Hall–Kier alpha value is -0.780. The zero-order valence-electron chi connectivity index (χ0n) is 18.1. The zero-order chi connectivity index (χ0) is 20.7. The summed E-state index contributed by atoms with van der Waals surface area (Å²) in [6.45, 7) is 4.31. The van der Waals surface area contributed by atoms with Gasteiger partial charge in [0, 0.05) is 38.5 Å². The van der Waals surface area contributed by atoms with Crippen molar-refractivity contribution in [1.82, 2.24) is 0 Å². The molecule has 29 heavy (non-hydrogen) atoms. The molecule has 1 aromatic carbocycles. The van der Waals surface area contributed by atoms with E-state index in [9.17, 15) is 0 Å². The number of benzene rings is 1. The SMILES string of the molecule is CC/C=C(\Br)SC(=NC)c1ccc(N2CCC(OC)(C3CCCCC3)CC2)cc1. The van der Waals surface area contributed by atoms with Gasteiger partial charge in [-0.1, -0.05) is 56.2 Å². The maximum atomic E-state index is 6.17. The van der Waals surface area contributed by atoms with E-state index in [1.54, 1.807) is 11.8 Å². The quantitative estimate of drug-likeness (QED) is 0.324. The maximum absolute atomic E-state index is 6.17. The predicted octanol–water partition coefficient (Wildman–Crippen LogP) is 7.01. The van der Waals surface area contributed by atoms with E-state index in [0.29, 0.717) is 0 Å². The molecule has 2 fully saturated rings. The van der Waals surface area contributed by atoms with E-state index in [1.807, 2.05) is 14.2 Å². The summed E-state index contributed by atoms with van der Waals surface area (Å²) in [5.74, 6) is 0.751. The van der Waals surface area contributed by atoms with Gasteiger partial charge >= 0.3 is 0 Å². The summed E-state index contributed by atoms with van der Waals surface area (Å²) in [7, 11) is 3.80. The highest BCUT2D eigenvalue weighted by Crippen LogP contribution is 2.42. The lowest BCUT2D eigenvalue weighted by Crippen LogP contribution is -2.50. The Morgan fingerprint density at radius 3 is 2.41 bits per heavy atom. The van der Waals surface area contributed by atoms with Crippen molar-refractivity contribution >= 4 is 38.4 Å². The average molecular weight is 480 g/mol. The average Bonchev–Trinajstić information content (AvgIpc) is 2.78. The first kappa shape index (κ1) is 22.9. The third kappa shape index (κ3) is 5.68. The third-order valence-electron chi connectivity index (χ3n) is 6.61. The molecule has 2 aliphatic rings. The second-order valence-corrected chi connectivity index (χ2v) is 10.6. The molecule has 5 heteroatoms. The van der Waals surface area contributed by atoms with Crippen molar-refractivity contribution in [2.75, 3.05) is 32.1 Å². The van der Waals surface area contributed by atoms with E-state index in [0.717, 1.165) is 47.1 Å². The van der Waals surface area contributed by atoms with Crippen LogP contribution in [0, 0.1) is 5.92 Å². The van der Waals surface area contributed by atoms with Crippen LogP contribution in [0.5, 0.6) is 0 Å².